The molecular weight excluding hydrogens is 238 g/mol. The minimum Gasteiger partial charge on any atom is -0.493 e. The third-order valence-corrected chi connectivity index (χ3v) is 2.48. The number of benzene rings is 1. The number of aromatic nitrogens is 2. The zero-order valence-electron chi connectivity index (χ0n) is 9.38. The third kappa shape index (κ3) is 1.93. The lowest BCUT2D eigenvalue weighted by Gasteiger charge is -2.03. The number of nitrogens with zero attached hydrogens (tertiary/aromatic N) is 2. The maximum absolute atomic E-state index is 11.5. The van der Waals surface area contributed by atoms with Crippen molar-refractivity contribution < 1.29 is 10.0 Å². The summed E-state index contributed by atoms with van der Waals surface area (Å²) >= 11 is 0. The third-order valence-electron chi connectivity index (χ3n) is 2.48. The highest BCUT2D eigenvalue weighted by Gasteiger charge is 2.17. The molecular formula is C11H9N3O4. The van der Waals surface area contributed by atoms with Gasteiger partial charge in [0.05, 0.1) is 16.1 Å². The number of H-pyrrole nitrogens is 1. The predicted octanol–water partition coefficient (Wildman–Crippen LogP) is 1.36. The highest BCUT2D eigenvalue weighted by Crippen LogP contribution is 2.27. The first-order valence-corrected chi connectivity index (χ1v) is 5.04. The Bertz CT molecular complexity index is 678. The van der Waals surface area contributed by atoms with Gasteiger partial charge in [-0.2, -0.15) is 4.98 Å². The Kier molecular flexibility index (Phi) is 2.80. The highest BCUT2D eigenvalue weighted by atomic mass is 16.6. The van der Waals surface area contributed by atoms with Crippen LogP contribution in [0.3, 0.4) is 0 Å². The molecule has 2 aromatic rings. The van der Waals surface area contributed by atoms with Crippen molar-refractivity contribution in [1.29, 1.82) is 0 Å². The Morgan fingerprint density at radius 1 is 1.39 bits per heavy atom. The zero-order chi connectivity index (χ0) is 13.3. The van der Waals surface area contributed by atoms with E-state index in [2.05, 4.69) is 9.97 Å². The summed E-state index contributed by atoms with van der Waals surface area (Å²) in [5.74, 6) is -0.470. The van der Waals surface area contributed by atoms with Gasteiger partial charge in [0.2, 0.25) is 5.88 Å². The molecule has 0 bridgehead atoms. The fraction of sp³-hybridized carbons (Fsp3) is 0.0909. The number of nitro groups is 1. The Morgan fingerprint density at radius 3 is 2.67 bits per heavy atom. The zero-order valence-corrected chi connectivity index (χ0v) is 9.38. The second-order valence-corrected chi connectivity index (χ2v) is 3.64. The maximum atomic E-state index is 11.5. The van der Waals surface area contributed by atoms with Crippen LogP contribution >= 0.6 is 0 Å². The van der Waals surface area contributed by atoms with Crippen molar-refractivity contribution in [3.63, 3.8) is 0 Å². The molecule has 0 aliphatic heterocycles. The van der Waals surface area contributed by atoms with Crippen LogP contribution in [0.4, 0.5) is 5.69 Å². The van der Waals surface area contributed by atoms with Gasteiger partial charge in [-0.25, -0.2) is 0 Å². The van der Waals surface area contributed by atoms with E-state index in [1.54, 1.807) is 6.07 Å². The van der Waals surface area contributed by atoms with Crippen LogP contribution in [0.2, 0.25) is 0 Å². The van der Waals surface area contributed by atoms with E-state index in [4.69, 9.17) is 0 Å². The minimum atomic E-state index is -0.577. The molecule has 7 heteroatoms. The van der Waals surface area contributed by atoms with Crippen LogP contribution in [0.5, 0.6) is 5.88 Å². The molecule has 0 aliphatic rings. The number of aromatic amines is 1. The molecule has 0 spiro atoms. The quantitative estimate of drug-likeness (QED) is 0.615. The number of para-hydroxylation sites is 1. The summed E-state index contributed by atoms with van der Waals surface area (Å²) in [6.07, 6.45) is 0. The lowest BCUT2D eigenvalue weighted by Crippen LogP contribution is -2.12. The lowest BCUT2D eigenvalue weighted by atomic mass is 10.1. The molecule has 1 aromatic carbocycles. The molecule has 2 rings (SSSR count). The van der Waals surface area contributed by atoms with Crippen molar-refractivity contribution in [2.75, 3.05) is 0 Å². The van der Waals surface area contributed by atoms with Crippen molar-refractivity contribution in [3.8, 4) is 17.3 Å². The minimum absolute atomic E-state index is 0.0320. The molecule has 0 saturated heterocycles. The molecule has 1 aromatic heterocycles. The molecule has 0 fully saturated rings. The van der Waals surface area contributed by atoms with Gasteiger partial charge in [-0.15, -0.1) is 0 Å². The Balaban J connectivity index is 2.70. The van der Waals surface area contributed by atoms with Crippen LogP contribution in [0.15, 0.2) is 29.1 Å². The van der Waals surface area contributed by atoms with Crippen LogP contribution in [-0.4, -0.2) is 20.0 Å². The molecule has 0 radical (unpaired) electrons. The Hall–Kier alpha value is -2.70. The smallest absolute Gasteiger partial charge is 0.280 e. The normalized spacial score (nSPS) is 10.3. The molecule has 0 saturated carbocycles. The summed E-state index contributed by atoms with van der Waals surface area (Å²) in [6, 6.07) is 5.84. The van der Waals surface area contributed by atoms with Gasteiger partial charge in [0.25, 0.3) is 11.2 Å². The van der Waals surface area contributed by atoms with Crippen LogP contribution in [0.1, 0.15) is 5.56 Å². The second kappa shape index (κ2) is 4.28. The first kappa shape index (κ1) is 11.8. The summed E-state index contributed by atoms with van der Waals surface area (Å²) in [5.41, 5.74) is -0.508. The van der Waals surface area contributed by atoms with E-state index in [0.29, 0.717) is 0 Å². The van der Waals surface area contributed by atoms with E-state index in [0.717, 1.165) is 0 Å². The van der Waals surface area contributed by atoms with Gasteiger partial charge in [-0.05, 0) is 13.0 Å². The number of nitro benzene ring substituents is 1. The van der Waals surface area contributed by atoms with E-state index in [1.807, 2.05) is 0 Å². The van der Waals surface area contributed by atoms with E-state index in [1.165, 1.54) is 25.1 Å². The molecule has 0 aliphatic carbocycles. The molecule has 18 heavy (non-hydrogen) atoms. The van der Waals surface area contributed by atoms with Crippen LogP contribution in [0, 0.1) is 17.0 Å². The molecule has 0 atom stereocenters. The number of hydrogen-bond donors (Lipinski definition) is 2. The summed E-state index contributed by atoms with van der Waals surface area (Å²) in [4.78, 5) is 27.9. The van der Waals surface area contributed by atoms with Gasteiger partial charge >= 0.3 is 0 Å². The highest BCUT2D eigenvalue weighted by molar-refractivity contribution is 5.67. The van der Waals surface area contributed by atoms with Crippen LogP contribution < -0.4 is 5.56 Å². The number of hydrogen-bond acceptors (Lipinski definition) is 5. The fourth-order valence-electron chi connectivity index (χ4n) is 1.48. The van der Waals surface area contributed by atoms with E-state index in [-0.39, 0.29) is 22.6 Å². The fourth-order valence-corrected chi connectivity index (χ4v) is 1.48. The topological polar surface area (TPSA) is 109 Å². The molecule has 0 unspecified atom stereocenters. The van der Waals surface area contributed by atoms with E-state index in [9.17, 15) is 20.0 Å². The first-order chi connectivity index (χ1) is 8.50. The van der Waals surface area contributed by atoms with Crippen molar-refractivity contribution in [3.05, 3.63) is 50.3 Å². The van der Waals surface area contributed by atoms with Gasteiger partial charge in [0, 0.05) is 6.07 Å². The largest absolute Gasteiger partial charge is 0.493 e. The van der Waals surface area contributed by atoms with Gasteiger partial charge in [0.15, 0.2) is 5.82 Å². The van der Waals surface area contributed by atoms with E-state index < -0.39 is 16.4 Å². The van der Waals surface area contributed by atoms with Gasteiger partial charge in [0.1, 0.15) is 0 Å². The predicted molar refractivity (Wildman–Crippen MR) is 63.3 cm³/mol. The van der Waals surface area contributed by atoms with E-state index >= 15 is 0 Å². The van der Waals surface area contributed by atoms with Crippen molar-refractivity contribution in [2.24, 2.45) is 0 Å². The van der Waals surface area contributed by atoms with Gasteiger partial charge in [-0.1, -0.05) is 12.1 Å². The van der Waals surface area contributed by atoms with Crippen LogP contribution in [0.25, 0.3) is 11.4 Å². The summed E-state index contributed by atoms with van der Waals surface area (Å²) < 4.78 is 0. The summed E-state index contributed by atoms with van der Waals surface area (Å²) in [7, 11) is 0. The molecule has 7 nitrogen and oxygen atoms in total. The average Bonchev–Trinajstić information content (AvgIpc) is 2.35. The second-order valence-electron chi connectivity index (χ2n) is 3.64. The van der Waals surface area contributed by atoms with Crippen molar-refractivity contribution in [2.45, 2.75) is 6.92 Å². The Morgan fingerprint density at radius 2 is 2.06 bits per heavy atom. The summed E-state index contributed by atoms with van der Waals surface area (Å²) in [5, 5.41) is 20.3. The van der Waals surface area contributed by atoms with Gasteiger partial charge in [-0.3, -0.25) is 14.9 Å². The average molecular weight is 247 g/mol. The van der Waals surface area contributed by atoms with Crippen molar-refractivity contribution >= 4 is 5.69 Å². The number of nitrogens with one attached hydrogen (secondary N) is 1. The molecule has 92 valence electrons. The number of rotatable bonds is 2. The SMILES string of the molecule is Cc1c(O)nc(-c2ccccc2[N+](=O)[O-])[nH]c1=O. The standard InChI is InChI=1S/C11H9N3O4/c1-6-10(15)12-9(13-11(6)16)7-4-2-3-5-8(7)14(17)18/h2-5H,1H3,(H2,12,13,15,16). The monoisotopic (exact) mass is 247 g/mol. The maximum Gasteiger partial charge on any atom is 0.280 e. The Labute approximate surface area is 101 Å². The van der Waals surface area contributed by atoms with Crippen molar-refractivity contribution in [1.82, 2.24) is 9.97 Å². The van der Waals surface area contributed by atoms with Gasteiger partial charge < -0.3 is 10.1 Å². The lowest BCUT2D eigenvalue weighted by molar-refractivity contribution is -0.384. The summed E-state index contributed by atoms with van der Waals surface area (Å²) in [6.45, 7) is 1.41. The van der Waals surface area contributed by atoms with Crippen LogP contribution in [-0.2, 0) is 0 Å². The molecule has 2 N–H and O–H groups in total. The first-order valence-electron chi connectivity index (χ1n) is 5.04. The molecule has 1 heterocycles. The number of aromatic hydroxyl groups is 1. The molecule has 0 amide bonds.